The third kappa shape index (κ3) is 3.67. The number of hydrogen-bond donors (Lipinski definition) is 2. The van der Waals surface area contributed by atoms with Gasteiger partial charge in [0.05, 0.1) is 5.57 Å². The van der Waals surface area contributed by atoms with Crippen molar-refractivity contribution in [2.45, 2.75) is 41.0 Å². The Labute approximate surface area is 133 Å². The number of fused-ring (bicyclic) bond motifs is 1. The molecule has 0 aliphatic carbocycles. The third-order valence-electron chi connectivity index (χ3n) is 3.25. The molecule has 0 atom stereocenters. The molecule has 0 bridgehead atoms. The maximum atomic E-state index is 12.0. The van der Waals surface area contributed by atoms with E-state index in [2.05, 4.69) is 17.2 Å². The minimum Gasteiger partial charge on any atom is -0.361 e. The van der Waals surface area contributed by atoms with Crippen LogP contribution < -0.4 is 5.32 Å². The van der Waals surface area contributed by atoms with Crippen LogP contribution in [0.5, 0.6) is 0 Å². The maximum Gasteiger partial charge on any atom is 0.256 e. The predicted molar refractivity (Wildman–Crippen MR) is 95.8 cm³/mol. The number of hydrogen-bond acceptors (Lipinski definition) is 1. The highest BCUT2D eigenvalue weighted by molar-refractivity contribution is 6.34. The molecule has 1 amide bonds. The van der Waals surface area contributed by atoms with E-state index >= 15 is 0 Å². The number of nitrogens with one attached hydrogen (secondary N) is 2. The van der Waals surface area contributed by atoms with Crippen LogP contribution >= 0.6 is 0 Å². The number of rotatable bonds is 2. The highest BCUT2D eigenvalue weighted by Gasteiger charge is 2.23. The number of benzene rings is 1. The fraction of sp³-hybridized carbons (Fsp3) is 0.316. The van der Waals surface area contributed by atoms with Gasteiger partial charge in [-0.1, -0.05) is 52.8 Å². The summed E-state index contributed by atoms with van der Waals surface area (Å²) in [6.07, 6.45) is 4.79. The van der Waals surface area contributed by atoms with Gasteiger partial charge in [0.1, 0.15) is 0 Å². The molecule has 0 unspecified atom stereocenters. The van der Waals surface area contributed by atoms with Gasteiger partial charge < -0.3 is 10.3 Å². The SMILES string of the molecule is CC.CC.CCc1cc[nH]c1/C=C1\C(=O)Nc2ccccc21. The van der Waals surface area contributed by atoms with E-state index in [4.69, 9.17) is 0 Å². The number of aryl methyl sites for hydroxylation is 1. The van der Waals surface area contributed by atoms with E-state index in [1.165, 1.54) is 5.56 Å². The number of aromatic amines is 1. The van der Waals surface area contributed by atoms with Crippen LogP contribution in [0.1, 0.15) is 51.4 Å². The molecule has 1 aliphatic heterocycles. The number of amides is 1. The number of H-pyrrole nitrogens is 1. The van der Waals surface area contributed by atoms with Crippen molar-refractivity contribution in [2.24, 2.45) is 0 Å². The third-order valence-corrected chi connectivity index (χ3v) is 3.25. The Bertz CT molecular complexity index is 638. The van der Waals surface area contributed by atoms with E-state index < -0.39 is 0 Å². The van der Waals surface area contributed by atoms with Crippen LogP contribution in [-0.4, -0.2) is 10.9 Å². The molecule has 0 saturated carbocycles. The molecule has 2 heterocycles. The van der Waals surface area contributed by atoms with Gasteiger partial charge >= 0.3 is 0 Å². The summed E-state index contributed by atoms with van der Waals surface area (Å²) in [6.45, 7) is 10.1. The molecule has 0 spiro atoms. The van der Waals surface area contributed by atoms with Crippen molar-refractivity contribution < 1.29 is 4.79 Å². The lowest BCUT2D eigenvalue weighted by Gasteiger charge is -1.99. The molecule has 3 heteroatoms. The zero-order valence-electron chi connectivity index (χ0n) is 14.2. The molecule has 118 valence electrons. The van der Waals surface area contributed by atoms with Gasteiger partial charge in [0.25, 0.3) is 5.91 Å². The molecule has 3 rings (SSSR count). The van der Waals surface area contributed by atoms with E-state index in [0.717, 1.165) is 28.9 Å². The van der Waals surface area contributed by atoms with Gasteiger partial charge in [-0.05, 0) is 30.2 Å². The lowest BCUT2D eigenvalue weighted by molar-refractivity contribution is -0.110. The van der Waals surface area contributed by atoms with Crippen LogP contribution in [-0.2, 0) is 11.2 Å². The lowest BCUT2D eigenvalue weighted by atomic mass is 10.0. The van der Waals surface area contributed by atoms with E-state index in [1.54, 1.807) is 0 Å². The fourth-order valence-corrected chi connectivity index (χ4v) is 2.28. The van der Waals surface area contributed by atoms with Crippen molar-refractivity contribution in [3.8, 4) is 0 Å². The smallest absolute Gasteiger partial charge is 0.256 e. The number of aromatic nitrogens is 1. The Morgan fingerprint density at radius 3 is 2.41 bits per heavy atom. The van der Waals surface area contributed by atoms with Crippen molar-refractivity contribution in [3.05, 3.63) is 53.3 Å². The normalized spacial score (nSPS) is 13.5. The molecule has 2 aromatic rings. The molecule has 0 fully saturated rings. The summed E-state index contributed by atoms with van der Waals surface area (Å²) in [6, 6.07) is 9.80. The van der Waals surface area contributed by atoms with Gasteiger partial charge in [0, 0.05) is 23.1 Å². The summed E-state index contributed by atoms with van der Waals surface area (Å²) >= 11 is 0. The maximum absolute atomic E-state index is 12.0. The Morgan fingerprint density at radius 2 is 1.73 bits per heavy atom. The van der Waals surface area contributed by atoms with Gasteiger partial charge in [-0.15, -0.1) is 0 Å². The second kappa shape index (κ2) is 8.88. The quantitative estimate of drug-likeness (QED) is 0.742. The highest BCUT2D eigenvalue weighted by atomic mass is 16.2. The van der Waals surface area contributed by atoms with E-state index in [9.17, 15) is 4.79 Å². The Morgan fingerprint density at radius 1 is 1.05 bits per heavy atom. The van der Waals surface area contributed by atoms with Crippen molar-refractivity contribution in [2.75, 3.05) is 5.32 Å². The minimum absolute atomic E-state index is 0.0344. The first kappa shape index (κ1) is 17.8. The molecule has 1 aromatic carbocycles. The van der Waals surface area contributed by atoms with E-state index in [-0.39, 0.29) is 5.91 Å². The van der Waals surface area contributed by atoms with Gasteiger partial charge in [-0.25, -0.2) is 0 Å². The average Bonchev–Trinajstić information content (AvgIpc) is 3.16. The van der Waals surface area contributed by atoms with Crippen LogP contribution in [0.4, 0.5) is 5.69 Å². The molecule has 0 radical (unpaired) electrons. The second-order valence-corrected chi connectivity index (χ2v) is 4.33. The van der Waals surface area contributed by atoms with Gasteiger partial charge in [0.15, 0.2) is 0 Å². The first-order valence-electron chi connectivity index (χ1n) is 8.08. The number of carbonyl (C=O) groups excluding carboxylic acids is 1. The van der Waals surface area contributed by atoms with E-state index in [1.807, 2.05) is 70.3 Å². The first-order valence-corrected chi connectivity index (χ1v) is 8.08. The first-order chi connectivity index (χ1) is 10.8. The molecule has 0 saturated heterocycles. The van der Waals surface area contributed by atoms with Gasteiger partial charge in [-0.3, -0.25) is 4.79 Å². The summed E-state index contributed by atoms with van der Waals surface area (Å²) < 4.78 is 0. The van der Waals surface area contributed by atoms with Crippen molar-refractivity contribution in [1.29, 1.82) is 0 Å². The van der Waals surface area contributed by atoms with Crippen molar-refractivity contribution >= 4 is 23.2 Å². The van der Waals surface area contributed by atoms with Crippen molar-refractivity contribution in [1.82, 2.24) is 4.98 Å². The molecular weight excluding hydrogens is 272 g/mol. The fourth-order valence-electron chi connectivity index (χ4n) is 2.28. The summed E-state index contributed by atoms with van der Waals surface area (Å²) in [5, 5.41) is 2.88. The van der Waals surface area contributed by atoms with Crippen LogP contribution in [0.3, 0.4) is 0 Å². The summed E-state index contributed by atoms with van der Waals surface area (Å²) in [5.74, 6) is -0.0344. The largest absolute Gasteiger partial charge is 0.361 e. The molecule has 2 N–H and O–H groups in total. The average molecular weight is 298 g/mol. The number of anilines is 1. The molecule has 3 nitrogen and oxygen atoms in total. The Kier molecular flexibility index (Phi) is 7.17. The summed E-state index contributed by atoms with van der Waals surface area (Å²) in [7, 11) is 0. The topological polar surface area (TPSA) is 44.9 Å². The summed E-state index contributed by atoms with van der Waals surface area (Å²) in [5.41, 5.74) is 4.82. The van der Waals surface area contributed by atoms with Crippen LogP contribution in [0.2, 0.25) is 0 Å². The van der Waals surface area contributed by atoms with Crippen LogP contribution in [0, 0.1) is 0 Å². The molecule has 1 aliphatic rings. The Balaban J connectivity index is 0.000000561. The zero-order valence-corrected chi connectivity index (χ0v) is 14.2. The predicted octanol–water partition coefficient (Wildman–Crippen LogP) is 5.12. The lowest BCUT2D eigenvalue weighted by Crippen LogP contribution is -2.03. The number of carbonyl (C=O) groups is 1. The monoisotopic (exact) mass is 298 g/mol. The second-order valence-electron chi connectivity index (χ2n) is 4.33. The molecule has 22 heavy (non-hydrogen) atoms. The van der Waals surface area contributed by atoms with Crippen LogP contribution in [0.15, 0.2) is 36.5 Å². The van der Waals surface area contributed by atoms with Gasteiger partial charge in [-0.2, -0.15) is 0 Å². The molecular formula is C19H26N2O. The van der Waals surface area contributed by atoms with Gasteiger partial charge in [0.2, 0.25) is 0 Å². The van der Waals surface area contributed by atoms with Crippen molar-refractivity contribution in [3.63, 3.8) is 0 Å². The highest BCUT2D eigenvalue weighted by Crippen LogP contribution is 2.32. The van der Waals surface area contributed by atoms with Crippen LogP contribution in [0.25, 0.3) is 11.6 Å². The Hall–Kier alpha value is -2.29. The minimum atomic E-state index is -0.0344. The summed E-state index contributed by atoms with van der Waals surface area (Å²) in [4.78, 5) is 15.1. The number of para-hydroxylation sites is 1. The molecule has 1 aromatic heterocycles. The standard InChI is InChI=1S/C15H14N2O.2C2H6/c1-2-10-7-8-16-14(10)9-12-11-5-3-4-6-13(11)17-15(12)18;2*1-2/h3-9,16H,2H2,1H3,(H,17,18);2*1-2H3/b12-9-;;. The van der Waals surface area contributed by atoms with E-state index in [0.29, 0.717) is 0 Å². The zero-order chi connectivity index (χ0) is 16.5.